The fraction of sp³-hybridized carbons (Fsp3) is 0.167. The van der Waals surface area contributed by atoms with Crippen molar-refractivity contribution in [2.75, 3.05) is 17.1 Å². The maximum absolute atomic E-state index is 13.0. The summed E-state index contributed by atoms with van der Waals surface area (Å²) >= 11 is 5.99. The normalized spacial score (nSPS) is 13.6. The summed E-state index contributed by atoms with van der Waals surface area (Å²) in [5.41, 5.74) is 2.23. The van der Waals surface area contributed by atoms with E-state index in [0.717, 1.165) is 18.7 Å². The number of nitrogens with one attached hydrogen (secondary N) is 2. The van der Waals surface area contributed by atoms with Crippen molar-refractivity contribution >= 4 is 50.0 Å². The molecule has 1 aliphatic rings. The number of carbonyl (C=O) groups excluding carboxylic acids is 1. The molecule has 1 heterocycles. The zero-order valence-corrected chi connectivity index (χ0v) is 19.6. The number of halogens is 1. The minimum atomic E-state index is -4.01. The van der Waals surface area contributed by atoms with Crippen LogP contribution in [0.25, 0.3) is 11.1 Å². The number of sulfonamides is 1. The molecule has 0 bridgehead atoms. The predicted octanol–water partition coefficient (Wildman–Crippen LogP) is 5.42. The van der Waals surface area contributed by atoms with Gasteiger partial charge in [-0.05, 0) is 67.4 Å². The third-order valence-electron chi connectivity index (χ3n) is 5.40. The second-order valence-electron chi connectivity index (χ2n) is 7.94. The number of benzene rings is 3. The number of ether oxygens (including phenoxy) is 1. The van der Waals surface area contributed by atoms with Crippen molar-refractivity contribution in [3.05, 3.63) is 77.1 Å². The molecule has 1 aliphatic carbocycles. The van der Waals surface area contributed by atoms with Crippen LogP contribution in [0, 0.1) is 0 Å². The maximum atomic E-state index is 13.0. The lowest BCUT2D eigenvalue weighted by molar-refractivity contribution is 0.102. The summed E-state index contributed by atoms with van der Waals surface area (Å²) in [5, 5.41) is 3.13. The smallest absolute Gasteiger partial charge is 0.262 e. The molecule has 1 aromatic heterocycles. The molecule has 0 aliphatic heterocycles. The van der Waals surface area contributed by atoms with Crippen LogP contribution in [0.3, 0.4) is 0 Å². The van der Waals surface area contributed by atoms with Gasteiger partial charge in [0.15, 0.2) is 11.5 Å². The fourth-order valence-electron chi connectivity index (χ4n) is 3.50. The first-order chi connectivity index (χ1) is 16.3. The van der Waals surface area contributed by atoms with Crippen molar-refractivity contribution < 1.29 is 22.4 Å². The lowest BCUT2D eigenvalue weighted by atomic mass is 10.2. The Kier molecular flexibility index (Phi) is 5.66. The largest absolute Gasteiger partial charge is 0.495 e. The van der Waals surface area contributed by atoms with Crippen LogP contribution < -0.4 is 14.8 Å². The highest BCUT2D eigenvalue weighted by Gasteiger charge is 2.29. The van der Waals surface area contributed by atoms with Gasteiger partial charge in [0.05, 0.1) is 17.7 Å². The van der Waals surface area contributed by atoms with Crippen molar-refractivity contribution in [2.24, 2.45) is 0 Å². The zero-order valence-electron chi connectivity index (χ0n) is 18.0. The van der Waals surface area contributed by atoms with Crippen molar-refractivity contribution in [2.45, 2.75) is 23.7 Å². The third-order valence-corrected chi connectivity index (χ3v) is 7.00. The number of carbonyl (C=O) groups is 1. The van der Waals surface area contributed by atoms with Gasteiger partial charge in [-0.1, -0.05) is 17.7 Å². The number of rotatable bonds is 7. The van der Waals surface area contributed by atoms with Gasteiger partial charge in [-0.2, -0.15) is 0 Å². The first-order valence-corrected chi connectivity index (χ1v) is 12.4. The molecule has 1 saturated carbocycles. The molecule has 0 spiro atoms. The van der Waals surface area contributed by atoms with Gasteiger partial charge in [-0.3, -0.25) is 9.52 Å². The number of nitrogens with zero attached hydrogens (tertiary/aromatic N) is 1. The molecule has 174 valence electrons. The van der Waals surface area contributed by atoms with Crippen molar-refractivity contribution in [3.8, 4) is 5.75 Å². The molecule has 8 nitrogen and oxygen atoms in total. The first kappa shape index (κ1) is 22.2. The Morgan fingerprint density at radius 3 is 2.71 bits per heavy atom. The lowest BCUT2D eigenvalue weighted by Crippen LogP contribution is -2.16. The molecule has 5 rings (SSSR count). The van der Waals surface area contributed by atoms with Crippen molar-refractivity contribution in [1.29, 1.82) is 0 Å². The molecule has 10 heteroatoms. The van der Waals surface area contributed by atoms with Gasteiger partial charge in [0.25, 0.3) is 15.9 Å². The molecule has 34 heavy (non-hydrogen) atoms. The van der Waals surface area contributed by atoms with Gasteiger partial charge >= 0.3 is 0 Å². The van der Waals surface area contributed by atoms with Gasteiger partial charge in [-0.25, -0.2) is 13.4 Å². The summed E-state index contributed by atoms with van der Waals surface area (Å²) in [5.74, 6) is 0.966. The third kappa shape index (κ3) is 4.57. The van der Waals surface area contributed by atoms with Crippen LogP contribution in [0.15, 0.2) is 70.0 Å². The Labute approximate surface area is 200 Å². The molecule has 0 atom stereocenters. The summed E-state index contributed by atoms with van der Waals surface area (Å²) in [6, 6.07) is 15.5. The van der Waals surface area contributed by atoms with Gasteiger partial charge in [0.1, 0.15) is 11.3 Å². The summed E-state index contributed by atoms with van der Waals surface area (Å²) in [7, 11) is -2.59. The van der Waals surface area contributed by atoms with Gasteiger partial charge < -0.3 is 14.5 Å². The van der Waals surface area contributed by atoms with E-state index >= 15 is 0 Å². The highest BCUT2D eigenvalue weighted by atomic mass is 35.5. The number of amides is 1. The predicted molar refractivity (Wildman–Crippen MR) is 129 cm³/mol. The summed E-state index contributed by atoms with van der Waals surface area (Å²) in [6.45, 7) is 0. The molecule has 1 fully saturated rings. The van der Waals surface area contributed by atoms with Gasteiger partial charge in [0.2, 0.25) is 0 Å². The first-order valence-electron chi connectivity index (χ1n) is 10.5. The van der Waals surface area contributed by atoms with Crippen LogP contribution in [0.1, 0.15) is 35.0 Å². The minimum Gasteiger partial charge on any atom is -0.495 e. The van der Waals surface area contributed by atoms with Crippen molar-refractivity contribution in [1.82, 2.24) is 4.98 Å². The van der Waals surface area contributed by atoms with Gasteiger partial charge in [0, 0.05) is 22.2 Å². The van der Waals surface area contributed by atoms with E-state index in [0.29, 0.717) is 33.5 Å². The molecular formula is C24H20ClN3O5S. The SMILES string of the molecule is COc1ccc(Cl)cc1NS(=O)(=O)c1cccc(C(=O)Nc2ccc3oc(C4CC4)nc3c2)c1. The van der Waals surface area contributed by atoms with Gasteiger partial charge in [-0.15, -0.1) is 0 Å². The molecule has 0 radical (unpaired) electrons. The number of methoxy groups -OCH3 is 1. The molecule has 0 saturated heterocycles. The number of anilines is 2. The van der Waals surface area contributed by atoms with Crippen LogP contribution in [0.5, 0.6) is 5.75 Å². The number of fused-ring (bicyclic) bond motifs is 1. The Morgan fingerprint density at radius 2 is 1.94 bits per heavy atom. The Balaban J connectivity index is 1.36. The van der Waals surface area contributed by atoms with E-state index < -0.39 is 15.9 Å². The maximum Gasteiger partial charge on any atom is 0.262 e. The van der Waals surface area contributed by atoms with E-state index in [1.807, 2.05) is 0 Å². The number of hydrogen-bond donors (Lipinski definition) is 2. The molecular weight excluding hydrogens is 478 g/mol. The zero-order chi connectivity index (χ0) is 23.9. The van der Waals surface area contributed by atoms with Crippen LogP contribution in [0.4, 0.5) is 11.4 Å². The lowest BCUT2D eigenvalue weighted by Gasteiger charge is -2.13. The van der Waals surface area contributed by atoms with Crippen LogP contribution in [-0.4, -0.2) is 26.4 Å². The Hall–Kier alpha value is -3.56. The monoisotopic (exact) mass is 497 g/mol. The van der Waals surface area contributed by atoms with E-state index in [4.69, 9.17) is 20.8 Å². The highest BCUT2D eigenvalue weighted by Crippen LogP contribution is 2.40. The highest BCUT2D eigenvalue weighted by molar-refractivity contribution is 7.92. The van der Waals surface area contributed by atoms with E-state index in [-0.39, 0.29) is 16.1 Å². The Morgan fingerprint density at radius 1 is 1.12 bits per heavy atom. The van der Waals surface area contributed by atoms with Crippen LogP contribution >= 0.6 is 11.6 Å². The van der Waals surface area contributed by atoms with E-state index in [2.05, 4.69) is 15.0 Å². The second-order valence-corrected chi connectivity index (χ2v) is 10.1. The standard InChI is InChI=1S/C24H20ClN3O5S/c1-32-21-9-7-16(25)12-20(21)28-34(30,31)18-4-2-3-15(11-18)23(29)26-17-8-10-22-19(13-17)27-24(33-22)14-5-6-14/h2-4,7-14,28H,5-6H2,1H3,(H,26,29). The summed E-state index contributed by atoms with van der Waals surface area (Å²) in [4.78, 5) is 17.3. The number of oxazole rings is 1. The van der Waals surface area contributed by atoms with E-state index in [1.54, 1.807) is 30.3 Å². The summed E-state index contributed by atoms with van der Waals surface area (Å²) in [6.07, 6.45) is 2.16. The van der Waals surface area contributed by atoms with E-state index in [9.17, 15) is 13.2 Å². The second kappa shape index (κ2) is 8.66. The Bertz CT molecular complexity index is 1510. The molecule has 1 amide bonds. The molecule has 4 aromatic rings. The van der Waals surface area contributed by atoms with Crippen LogP contribution in [-0.2, 0) is 10.0 Å². The topological polar surface area (TPSA) is 111 Å². The number of hydrogen-bond acceptors (Lipinski definition) is 6. The fourth-order valence-corrected chi connectivity index (χ4v) is 4.78. The van der Waals surface area contributed by atoms with E-state index in [1.165, 1.54) is 37.4 Å². The summed E-state index contributed by atoms with van der Waals surface area (Å²) < 4.78 is 39.3. The van der Waals surface area contributed by atoms with Crippen molar-refractivity contribution in [3.63, 3.8) is 0 Å². The molecule has 3 aromatic carbocycles. The average Bonchev–Trinajstić information content (AvgIpc) is 3.58. The quantitative estimate of drug-likeness (QED) is 0.352. The molecule has 0 unspecified atom stereocenters. The average molecular weight is 498 g/mol. The van der Waals surface area contributed by atoms with Crippen LogP contribution in [0.2, 0.25) is 5.02 Å². The molecule has 2 N–H and O–H groups in total. The number of aromatic nitrogens is 1. The minimum absolute atomic E-state index is 0.0804.